The standard InChI is InChI=1S/C15H14ClN3/c16-11-5-3-10(4-6-11)15-18-13-8-17-7-12(13)14(19-15)9-1-2-9/h3-6,9,17H,1-2,7-8H2. The molecule has 1 aliphatic heterocycles. The smallest absolute Gasteiger partial charge is 0.159 e. The predicted molar refractivity (Wildman–Crippen MR) is 75.0 cm³/mol. The van der Waals surface area contributed by atoms with Gasteiger partial charge in [-0.2, -0.15) is 0 Å². The zero-order valence-electron chi connectivity index (χ0n) is 10.5. The number of nitrogens with zero attached hydrogens (tertiary/aromatic N) is 2. The summed E-state index contributed by atoms with van der Waals surface area (Å²) in [6.45, 7) is 1.78. The molecule has 1 saturated carbocycles. The molecule has 1 fully saturated rings. The Morgan fingerprint density at radius 2 is 1.84 bits per heavy atom. The Morgan fingerprint density at radius 1 is 1.05 bits per heavy atom. The zero-order chi connectivity index (χ0) is 12.8. The van der Waals surface area contributed by atoms with Crippen molar-refractivity contribution in [2.75, 3.05) is 0 Å². The van der Waals surface area contributed by atoms with Crippen LogP contribution in [0.2, 0.25) is 5.02 Å². The van der Waals surface area contributed by atoms with E-state index in [9.17, 15) is 0 Å². The van der Waals surface area contributed by atoms with Crippen LogP contribution in [-0.4, -0.2) is 9.97 Å². The first-order valence-corrected chi connectivity index (χ1v) is 7.05. The highest BCUT2D eigenvalue weighted by Gasteiger charge is 2.31. The van der Waals surface area contributed by atoms with E-state index in [4.69, 9.17) is 21.6 Å². The summed E-state index contributed by atoms with van der Waals surface area (Å²) in [7, 11) is 0. The van der Waals surface area contributed by atoms with Gasteiger partial charge in [-0.05, 0) is 37.1 Å². The number of benzene rings is 1. The Morgan fingerprint density at radius 3 is 2.58 bits per heavy atom. The van der Waals surface area contributed by atoms with Crippen molar-refractivity contribution in [1.82, 2.24) is 15.3 Å². The molecule has 4 rings (SSSR count). The molecule has 2 aromatic rings. The highest BCUT2D eigenvalue weighted by atomic mass is 35.5. The Labute approximate surface area is 117 Å². The summed E-state index contributed by atoms with van der Waals surface area (Å²) < 4.78 is 0. The number of hydrogen-bond acceptors (Lipinski definition) is 3. The van der Waals surface area contributed by atoms with Gasteiger partial charge in [-0.25, -0.2) is 9.97 Å². The molecule has 19 heavy (non-hydrogen) atoms. The number of fused-ring (bicyclic) bond motifs is 1. The van der Waals surface area contributed by atoms with E-state index in [2.05, 4.69) is 5.32 Å². The maximum atomic E-state index is 5.93. The second kappa shape index (κ2) is 4.29. The van der Waals surface area contributed by atoms with E-state index in [1.807, 2.05) is 24.3 Å². The van der Waals surface area contributed by atoms with Gasteiger partial charge < -0.3 is 5.32 Å². The second-order valence-electron chi connectivity index (χ2n) is 5.24. The van der Waals surface area contributed by atoms with E-state index >= 15 is 0 Å². The van der Waals surface area contributed by atoms with Gasteiger partial charge in [0.25, 0.3) is 0 Å². The first-order valence-electron chi connectivity index (χ1n) is 6.67. The lowest BCUT2D eigenvalue weighted by molar-refractivity contribution is 0.755. The summed E-state index contributed by atoms with van der Waals surface area (Å²) in [6.07, 6.45) is 2.53. The van der Waals surface area contributed by atoms with Crippen molar-refractivity contribution >= 4 is 11.6 Å². The van der Waals surface area contributed by atoms with E-state index in [-0.39, 0.29) is 0 Å². The highest BCUT2D eigenvalue weighted by Crippen LogP contribution is 2.42. The summed E-state index contributed by atoms with van der Waals surface area (Å²) in [5.74, 6) is 1.49. The van der Waals surface area contributed by atoms with Crippen molar-refractivity contribution in [1.29, 1.82) is 0 Å². The SMILES string of the molecule is Clc1ccc(-c2nc3c(c(C4CC4)n2)CNC3)cc1. The molecule has 0 amide bonds. The van der Waals surface area contributed by atoms with E-state index < -0.39 is 0 Å². The molecule has 4 heteroatoms. The van der Waals surface area contributed by atoms with Crippen molar-refractivity contribution in [3.8, 4) is 11.4 Å². The first kappa shape index (κ1) is 11.4. The number of aromatic nitrogens is 2. The minimum absolute atomic E-state index is 0.655. The molecule has 0 unspecified atom stereocenters. The maximum Gasteiger partial charge on any atom is 0.159 e. The molecule has 0 radical (unpaired) electrons. The van der Waals surface area contributed by atoms with Crippen molar-refractivity contribution in [3.05, 3.63) is 46.2 Å². The number of hydrogen-bond donors (Lipinski definition) is 1. The molecule has 1 aliphatic carbocycles. The average Bonchev–Trinajstić information content (AvgIpc) is 3.16. The monoisotopic (exact) mass is 271 g/mol. The number of halogens is 1. The van der Waals surface area contributed by atoms with E-state index in [0.717, 1.165) is 29.5 Å². The Balaban J connectivity index is 1.84. The molecule has 1 N–H and O–H groups in total. The number of nitrogens with one attached hydrogen (secondary N) is 1. The molecule has 3 nitrogen and oxygen atoms in total. The summed E-state index contributed by atoms with van der Waals surface area (Å²) in [5.41, 5.74) is 4.81. The lowest BCUT2D eigenvalue weighted by atomic mass is 10.1. The Kier molecular flexibility index (Phi) is 2.57. The molecule has 2 heterocycles. The topological polar surface area (TPSA) is 37.8 Å². The van der Waals surface area contributed by atoms with Crippen LogP contribution in [0.1, 0.15) is 35.7 Å². The minimum Gasteiger partial charge on any atom is -0.307 e. The third-order valence-corrected chi connectivity index (χ3v) is 4.04. The fraction of sp³-hybridized carbons (Fsp3) is 0.333. The van der Waals surface area contributed by atoms with Gasteiger partial charge in [-0.3, -0.25) is 0 Å². The number of rotatable bonds is 2. The van der Waals surface area contributed by atoms with Crippen LogP contribution in [0.5, 0.6) is 0 Å². The molecule has 0 atom stereocenters. The molecule has 2 aliphatic rings. The molecule has 0 spiro atoms. The molecular formula is C15H14ClN3. The van der Waals surface area contributed by atoms with Crippen molar-refractivity contribution < 1.29 is 0 Å². The van der Waals surface area contributed by atoms with Gasteiger partial charge in [0, 0.05) is 35.2 Å². The van der Waals surface area contributed by atoms with Gasteiger partial charge in [0.1, 0.15) is 0 Å². The lowest BCUT2D eigenvalue weighted by Gasteiger charge is -2.09. The maximum absolute atomic E-state index is 5.93. The minimum atomic E-state index is 0.655. The van der Waals surface area contributed by atoms with Crippen LogP contribution in [0.3, 0.4) is 0 Å². The third kappa shape index (κ3) is 2.03. The normalized spacial score (nSPS) is 17.5. The molecule has 1 aromatic carbocycles. The van der Waals surface area contributed by atoms with Crippen molar-refractivity contribution in [2.45, 2.75) is 31.8 Å². The van der Waals surface area contributed by atoms with Crippen LogP contribution in [0, 0.1) is 0 Å². The average molecular weight is 272 g/mol. The molecule has 0 bridgehead atoms. The van der Waals surface area contributed by atoms with Crippen LogP contribution in [0.4, 0.5) is 0 Å². The first-order chi connectivity index (χ1) is 9.31. The van der Waals surface area contributed by atoms with Crippen LogP contribution in [0.15, 0.2) is 24.3 Å². The van der Waals surface area contributed by atoms with Crippen LogP contribution in [0.25, 0.3) is 11.4 Å². The van der Waals surface area contributed by atoms with E-state index in [1.165, 1.54) is 29.8 Å². The lowest BCUT2D eigenvalue weighted by Crippen LogP contribution is -2.02. The van der Waals surface area contributed by atoms with Crippen LogP contribution < -0.4 is 5.32 Å². The van der Waals surface area contributed by atoms with Gasteiger partial charge in [0.15, 0.2) is 5.82 Å². The van der Waals surface area contributed by atoms with Gasteiger partial charge in [0.05, 0.1) is 11.4 Å². The van der Waals surface area contributed by atoms with Crippen molar-refractivity contribution in [3.63, 3.8) is 0 Å². The van der Waals surface area contributed by atoms with Crippen LogP contribution in [-0.2, 0) is 13.1 Å². The summed E-state index contributed by atoms with van der Waals surface area (Å²) in [6, 6.07) is 7.76. The van der Waals surface area contributed by atoms with Gasteiger partial charge in [-0.15, -0.1) is 0 Å². The van der Waals surface area contributed by atoms with Gasteiger partial charge >= 0.3 is 0 Å². The fourth-order valence-electron chi connectivity index (χ4n) is 2.62. The van der Waals surface area contributed by atoms with E-state index in [0.29, 0.717) is 5.92 Å². The van der Waals surface area contributed by atoms with E-state index in [1.54, 1.807) is 0 Å². The predicted octanol–water partition coefficient (Wildman–Crippen LogP) is 3.28. The van der Waals surface area contributed by atoms with Gasteiger partial charge in [0.2, 0.25) is 0 Å². The Hall–Kier alpha value is -1.45. The largest absolute Gasteiger partial charge is 0.307 e. The summed E-state index contributed by atoms with van der Waals surface area (Å²) >= 11 is 5.93. The fourth-order valence-corrected chi connectivity index (χ4v) is 2.74. The summed E-state index contributed by atoms with van der Waals surface area (Å²) in [5, 5.41) is 4.12. The highest BCUT2D eigenvalue weighted by molar-refractivity contribution is 6.30. The second-order valence-corrected chi connectivity index (χ2v) is 5.68. The molecular weight excluding hydrogens is 258 g/mol. The third-order valence-electron chi connectivity index (χ3n) is 3.79. The molecule has 1 aromatic heterocycles. The van der Waals surface area contributed by atoms with Crippen LogP contribution >= 0.6 is 11.6 Å². The zero-order valence-corrected chi connectivity index (χ0v) is 11.2. The van der Waals surface area contributed by atoms with Crippen molar-refractivity contribution in [2.24, 2.45) is 0 Å². The quantitative estimate of drug-likeness (QED) is 0.911. The molecule has 0 saturated heterocycles. The molecule has 96 valence electrons. The summed E-state index contributed by atoms with van der Waals surface area (Å²) in [4.78, 5) is 9.52. The Bertz CT molecular complexity index is 633. The van der Waals surface area contributed by atoms with Gasteiger partial charge in [-0.1, -0.05) is 11.6 Å².